The van der Waals surface area contributed by atoms with E-state index in [9.17, 15) is 13.6 Å². The van der Waals surface area contributed by atoms with E-state index < -0.39 is 17.7 Å². The van der Waals surface area contributed by atoms with Crippen LogP contribution in [-0.4, -0.2) is 60.2 Å². The fraction of sp³-hybridized carbons (Fsp3) is 0.483. The van der Waals surface area contributed by atoms with Gasteiger partial charge in [0.1, 0.15) is 17.5 Å². The van der Waals surface area contributed by atoms with Crippen molar-refractivity contribution < 1.29 is 18.3 Å². The highest BCUT2D eigenvalue weighted by molar-refractivity contribution is 5.98. The molecule has 1 aromatic heterocycles. The summed E-state index contributed by atoms with van der Waals surface area (Å²) in [5, 5.41) is 3.19. The topological polar surface area (TPSA) is 70.6 Å². The summed E-state index contributed by atoms with van der Waals surface area (Å²) in [5.74, 6) is 0.0783. The van der Waals surface area contributed by atoms with Crippen molar-refractivity contribution in [3.8, 4) is 0 Å². The van der Waals surface area contributed by atoms with Gasteiger partial charge in [0.25, 0.3) is 5.91 Å². The monoisotopic (exact) mass is 523 g/mol. The Hall–Kier alpha value is -3.33. The normalized spacial score (nSPS) is 17.6. The molecule has 2 aliphatic rings. The molecule has 2 aromatic carbocycles. The first kappa shape index (κ1) is 26.3. The zero-order valence-corrected chi connectivity index (χ0v) is 22.1. The maximum Gasteiger partial charge on any atom is 0.253 e. The van der Waals surface area contributed by atoms with E-state index >= 15 is 0 Å². The van der Waals surface area contributed by atoms with Gasteiger partial charge >= 0.3 is 0 Å². The van der Waals surface area contributed by atoms with Gasteiger partial charge in [-0.1, -0.05) is 19.8 Å². The largest absolute Gasteiger partial charge is 0.378 e. The molecule has 1 unspecified atom stereocenters. The number of halogens is 2. The molecule has 0 aliphatic carbocycles. The Labute approximate surface area is 222 Å². The van der Waals surface area contributed by atoms with E-state index in [2.05, 4.69) is 17.1 Å². The third-order valence-electron chi connectivity index (χ3n) is 7.56. The molecule has 202 valence electrons. The lowest BCUT2D eigenvalue weighted by molar-refractivity contribution is 0.0686. The van der Waals surface area contributed by atoms with Crippen LogP contribution >= 0.6 is 0 Å². The second-order valence-electron chi connectivity index (χ2n) is 10.3. The summed E-state index contributed by atoms with van der Waals surface area (Å²) in [6.07, 6.45) is 6.14. The summed E-state index contributed by atoms with van der Waals surface area (Å²) < 4.78 is 33.2. The summed E-state index contributed by atoms with van der Waals surface area (Å²) >= 11 is 0. The number of benzene rings is 2. The SMILES string of the molecule is CCCC1CCN(C(=O)c2cc(C(C)Nc3cc(F)cc(F)c3)c3nc(N4CCOCC4)cnc3c2)CC1. The standard InChI is InChI=1S/C29H35F2N5O2/c1-3-4-20-5-7-36(8-6-20)29(37)21-13-25(19(2)33-24-16-22(30)15-23(31)17-24)28-26(14-21)32-18-27(34-28)35-9-11-38-12-10-35/h13-20,33H,3-12H2,1-2H3. The van der Waals surface area contributed by atoms with Crippen LogP contribution in [0.1, 0.15) is 61.5 Å². The number of amides is 1. The van der Waals surface area contributed by atoms with Crippen molar-refractivity contribution >= 4 is 28.4 Å². The predicted octanol–water partition coefficient (Wildman–Crippen LogP) is 5.57. The average molecular weight is 524 g/mol. The summed E-state index contributed by atoms with van der Waals surface area (Å²) in [6.45, 7) is 8.27. The number of morpholine rings is 1. The van der Waals surface area contributed by atoms with Crippen LogP contribution in [0, 0.1) is 17.6 Å². The molecule has 0 radical (unpaired) electrons. The Morgan fingerprint density at radius 3 is 2.47 bits per heavy atom. The third-order valence-corrected chi connectivity index (χ3v) is 7.56. The number of hydrogen-bond acceptors (Lipinski definition) is 6. The van der Waals surface area contributed by atoms with E-state index in [1.165, 1.54) is 18.6 Å². The van der Waals surface area contributed by atoms with Gasteiger partial charge in [-0.05, 0) is 49.9 Å². The molecule has 2 aliphatic heterocycles. The lowest BCUT2D eigenvalue weighted by Crippen LogP contribution is -2.38. The first-order chi connectivity index (χ1) is 18.4. The number of fused-ring (bicyclic) bond motifs is 1. The maximum absolute atomic E-state index is 13.9. The van der Waals surface area contributed by atoms with E-state index in [4.69, 9.17) is 14.7 Å². The molecule has 1 amide bonds. The number of ether oxygens (including phenoxy) is 1. The number of anilines is 2. The Morgan fingerprint density at radius 1 is 1.08 bits per heavy atom. The molecule has 1 N–H and O–H groups in total. The number of nitrogens with zero attached hydrogens (tertiary/aromatic N) is 4. The zero-order valence-electron chi connectivity index (χ0n) is 22.1. The highest BCUT2D eigenvalue weighted by atomic mass is 19.1. The van der Waals surface area contributed by atoms with Gasteiger partial charge in [0, 0.05) is 49.1 Å². The second kappa shape index (κ2) is 11.6. The van der Waals surface area contributed by atoms with Crippen LogP contribution < -0.4 is 10.2 Å². The molecule has 2 saturated heterocycles. The Bertz CT molecular complexity index is 1270. The molecule has 5 rings (SSSR count). The van der Waals surface area contributed by atoms with E-state index in [1.54, 1.807) is 6.20 Å². The number of piperidine rings is 1. The van der Waals surface area contributed by atoms with Crippen molar-refractivity contribution in [3.63, 3.8) is 0 Å². The van der Waals surface area contributed by atoms with Gasteiger partial charge in [0.05, 0.1) is 36.5 Å². The molecule has 3 heterocycles. The van der Waals surface area contributed by atoms with Crippen LogP contribution in [0.5, 0.6) is 0 Å². The zero-order chi connectivity index (χ0) is 26.6. The minimum Gasteiger partial charge on any atom is -0.378 e. The van der Waals surface area contributed by atoms with E-state index in [1.807, 2.05) is 24.0 Å². The molecular weight excluding hydrogens is 488 g/mol. The first-order valence-corrected chi connectivity index (χ1v) is 13.6. The highest BCUT2D eigenvalue weighted by Crippen LogP contribution is 2.30. The number of carbonyl (C=O) groups excluding carboxylic acids is 1. The van der Waals surface area contributed by atoms with E-state index in [0.29, 0.717) is 41.4 Å². The molecular formula is C29H35F2N5O2. The number of likely N-dealkylation sites (tertiary alicyclic amines) is 1. The Balaban J connectivity index is 1.49. The smallest absolute Gasteiger partial charge is 0.253 e. The molecule has 0 saturated carbocycles. The molecule has 0 spiro atoms. The lowest BCUT2D eigenvalue weighted by atomic mass is 9.92. The van der Waals surface area contributed by atoms with Gasteiger partial charge in [0.15, 0.2) is 0 Å². The number of nitrogens with one attached hydrogen (secondary N) is 1. The van der Waals surface area contributed by atoms with Crippen molar-refractivity contribution in [2.75, 3.05) is 49.6 Å². The molecule has 0 bridgehead atoms. The predicted molar refractivity (Wildman–Crippen MR) is 145 cm³/mol. The van der Waals surface area contributed by atoms with Gasteiger partial charge in [-0.25, -0.2) is 13.8 Å². The summed E-state index contributed by atoms with van der Waals surface area (Å²) in [4.78, 5) is 27.3. The van der Waals surface area contributed by atoms with Crippen LogP contribution in [0.4, 0.5) is 20.3 Å². The van der Waals surface area contributed by atoms with Crippen LogP contribution in [0.2, 0.25) is 0 Å². The fourth-order valence-corrected chi connectivity index (χ4v) is 5.51. The summed E-state index contributed by atoms with van der Waals surface area (Å²) in [5.41, 5.74) is 2.88. The van der Waals surface area contributed by atoms with Crippen molar-refractivity contribution in [2.24, 2.45) is 5.92 Å². The van der Waals surface area contributed by atoms with Gasteiger partial charge in [-0.3, -0.25) is 9.78 Å². The minimum absolute atomic E-state index is 0.0221. The van der Waals surface area contributed by atoms with Crippen LogP contribution in [0.3, 0.4) is 0 Å². The number of rotatable bonds is 7. The second-order valence-corrected chi connectivity index (χ2v) is 10.3. The van der Waals surface area contributed by atoms with Gasteiger partial charge < -0.3 is 19.9 Å². The molecule has 2 fully saturated rings. The molecule has 3 aromatic rings. The Morgan fingerprint density at radius 2 is 1.79 bits per heavy atom. The quantitative estimate of drug-likeness (QED) is 0.437. The van der Waals surface area contributed by atoms with Gasteiger partial charge in [0.2, 0.25) is 0 Å². The molecule has 7 nitrogen and oxygen atoms in total. The first-order valence-electron chi connectivity index (χ1n) is 13.6. The van der Waals surface area contributed by atoms with Crippen molar-refractivity contribution in [2.45, 2.75) is 45.6 Å². The molecule has 38 heavy (non-hydrogen) atoms. The van der Waals surface area contributed by atoms with Crippen LogP contribution in [-0.2, 0) is 4.74 Å². The summed E-state index contributed by atoms with van der Waals surface area (Å²) in [7, 11) is 0. The summed E-state index contributed by atoms with van der Waals surface area (Å²) in [6, 6.07) is 6.62. The number of carbonyl (C=O) groups is 1. The van der Waals surface area contributed by atoms with E-state index in [0.717, 1.165) is 62.9 Å². The average Bonchev–Trinajstić information content (AvgIpc) is 2.92. The Kier molecular flexibility index (Phi) is 8.02. The van der Waals surface area contributed by atoms with Gasteiger partial charge in [-0.15, -0.1) is 0 Å². The third kappa shape index (κ3) is 5.88. The number of aromatic nitrogens is 2. The van der Waals surface area contributed by atoms with Gasteiger partial charge in [-0.2, -0.15) is 0 Å². The van der Waals surface area contributed by atoms with Crippen molar-refractivity contribution in [3.05, 3.63) is 59.3 Å². The number of hydrogen-bond donors (Lipinski definition) is 1. The lowest BCUT2D eigenvalue weighted by Gasteiger charge is -2.32. The van der Waals surface area contributed by atoms with Crippen LogP contribution in [0.25, 0.3) is 11.0 Å². The molecule has 9 heteroatoms. The van der Waals surface area contributed by atoms with E-state index in [-0.39, 0.29) is 5.91 Å². The van der Waals surface area contributed by atoms with Crippen molar-refractivity contribution in [1.29, 1.82) is 0 Å². The van der Waals surface area contributed by atoms with Crippen molar-refractivity contribution in [1.82, 2.24) is 14.9 Å². The van der Waals surface area contributed by atoms with Crippen LogP contribution in [0.15, 0.2) is 36.5 Å². The minimum atomic E-state index is -0.658. The fourth-order valence-electron chi connectivity index (χ4n) is 5.51. The maximum atomic E-state index is 13.9. The highest BCUT2D eigenvalue weighted by Gasteiger charge is 2.25. The molecule has 1 atom stereocenters.